The van der Waals surface area contributed by atoms with Gasteiger partial charge in [0.05, 0.1) is 31.6 Å². The topological polar surface area (TPSA) is 58.5 Å². The van der Waals surface area contributed by atoms with Gasteiger partial charge in [-0.05, 0) is 12.1 Å². The first-order valence-electron chi connectivity index (χ1n) is 6.81. The molecule has 1 aromatic heterocycles. The molecule has 2 heterocycles. The lowest BCUT2D eigenvalue weighted by Gasteiger charge is -2.35. The van der Waals surface area contributed by atoms with Crippen LogP contribution in [0.1, 0.15) is 0 Å². The molecule has 0 radical (unpaired) electrons. The standard InChI is InChI=1S/C15H16ClN3O2/c16-12-3-1-2-11(6-12)14-7-15(18-10-17-14)19-4-5-21-9-13(19)8-20/h1-3,6-7,10,13,20H,4-5,8-9H2/t13-/m1/s1. The Morgan fingerprint density at radius 2 is 2.24 bits per heavy atom. The zero-order valence-electron chi connectivity index (χ0n) is 11.4. The maximum atomic E-state index is 9.46. The van der Waals surface area contributed by atoms with E-state index in [1.807, 2.05) is 30.3 Å². The van der Waals surface area contributed by atoms with Gasteiger partial charge >= 0.3 is 0 Å². The first kappa shape index (κ1) is 14.3. The van der Waals surface area contributed by atoms with Crippen molar-refractivity contribution in [2.45, 2.75) is 6.04 Å². The summed E-state index contributed by atoms with van der Waals surface area (Å²) in [6.45, 7) is 1.88. The number of nitrogens with zero attached hydrogens (tertiary/aromatic N) is 3. The molecule has 0 saturated carbocycles. The molecule has 0 bridgehead atoms. The lowest BCUT2D eigenvalue weighted by Crippen LogP contribution is -2.48. The van der Waals surface area contributed by atoms with Crippen molar-refractivity contribution in [3.63, 3.8) is 0 Å². The van der Waals surface area contributed by atoms with E-state index in [4.69, 9.17) is 16.3 Å². The molecular weight excluding hydrogens is 290 g/mol. The van der Waals surface area contributed by atoms with Crippen LogP contribution in [0.15, 0.2) is 36.7 Å². The minimum atomic E-state index is -0.0686. The molecule has 1 N–H and O–H groups in total. The number of aliphatic hydroxyl groups is 1. The van der Waals surface area contributed by atoms with Crippen LogP contribution in [-0.2, 0) is 4.74 Å². The highest BCUT2D eigenvalue weighted by molar-refractivity contribution is 6.30. The third kappa shape index (κ3) is 3.15. The van der Waals surface area contributed by atoms with E-state index in [-0.39, 0.29) is 12.6 Å². The summed E-state index contributed by atoms with van der Waals surface area (Å²) in [5, 5.41) is 10.1. The summed E-state index contributed by atoms with van der Waals surface area (Å²) in [6, 6.07) is 9.40. The Balaban J connectivity index is 1.92. The highest BCUT2D eigenvalue weighted by Crippen LogP contribution is 2.24. The molecule has 5 nitrogen and oxygen atoms in total. The lowest BCUT2D eigenvalue weighted by atomic mass is 10.1. The second kappa shape index (κ2) is 6.39. The zero-order valence-corrected chi connectivity index (χ0v) is 12.2. The number of ether oxygens (including phenoxy) is 1. The summed E-state index contributed by atoms with van der Waals surface area (Å²) in [4.78, 5) is 10.7. The van der Waals surface area contributed by atoms with Crippen LogP contribution in [0.2, 0.25) is 5.02 Å². The number of halogens is 1. The molecule has 0 unspecified atom stereocenters. The summed E-state index contributed by atoms with van der Waals surface area (Å²) in [7, 11) is 0. The molecule has 0 amide bonds. The van der Waals surface area contributed by atoms with Gasteiger partial charge in [0.1, 0.15) is 12.1 Å². The molecule has 3 rings (SSSR count). The Morgan fingerprint density at radius 1 is 1.33 bits per heavy atom. The number of hydrogen-bond acceptors (Lipinski definition) is 5. The van der Waals surface area contributed by atoms with Gasteiger partial charge in [-0.2, -0.15) is 0 Å². The Hall–Kier alpha value is -1.69. The largest absolute Gasteiger partial charge is 0.394 e. The summed E-state index contributed by atoms with van der Waals surface area (Å²) < 4.78 is 5.39. The number of aliphatic hydroxyl groups excluding tert-OH is 1. The number of anilines is 1. The van der Waals surface area contributed by atoms with Crippen molar-refractivity contribution >= 4 is 17.4 Å². The monoisotopic (exact) mass is 305 g/mol. The molecule has 1 aliphatic heterocycles. The van der Waals surface area contributed by atoms with Crippen LogP contribution in [0.5, 0.6) is 0 Å². The van der Waals surface area contributed by atoms with Gasteiger partial charge in [-0.25, -0.2) is 9.97 Å². The molecule has 1 atom stereocenters. The van der Waals surface area contributed by atoms with E-state index in [1.165, 1.54) is 6.33 Å². The normalized spacial score (nSPS) is 18.8. The van der Waals surface area contributed by atoms with Gasteiger partial charge < -0.3 is 14.7 Å². The number of benzene rings is 1. The fraction of sp³-hybridized carbons (Fsp3) is 0.333. The van der Waals surface area contributed by atoms with Gasteiger partial charge in [-0.1, -0.05) is 23.7 Å². The van der Waals surface area contributed by atoms with Crippen LogP contribution in [0, 0.1) is 0 Å². The summed E-state index contributed by atoms with van der Waals surface area (Å²) in [5.41, 5.74) is 1.76. The SMILES string of the molecule is OC[C@@H]1COCCN1c1cc(-c2cccc(Cl)c2)ncn1. The predicted molar refractivity (Wildman–Crippen MR) is 81.5 cm³/mol. The molecule has 1 aromatic carbocycles. The Morgan fingerprint density at radius 3 is 3.05 bits per heavy atom. The average Bonchev–Trinajstić information content (AvgIpc) is 2.55. The number of hydrogen-bond donors (Lipinski definition) is 1. The molecule has 1 fully saturated rings. The van der Waals surface area contributed by atoms with Gasteiger partial charge in [0, 0.05) is 23.2 Å². The van der Waals surface area contributed by atoms with Crippen LogP contribution in [0.25, 0.3) is 11.3 Å². The van der Waals surface area contributed by atoms with Crippen molar-refractivity contribution in [3.8, 4) is 11.3 Å². The fourth-order valence-electron chi connectivity index (χ4n) is 2.42. The van der Waals surface area contributed by atoms with Gasteiger partial charge in [0.25, 0.3) is 0 Å². The molecule has 110 valence electrons. The maximum absolute atomic E-state index is 9.46. The van der Waals surface area contributed by atoms with Crippen LogP contribution in [-0.4, -0.2) is 47.5 Å². The Labute approximate surface area is 128 Å². The van der Waals surface area contributed by atoms with E-state index < -0.39 is 0 Å². The first-order chi connectivity index (χ1) is 10.3. The number of aromatic nitrogens is 2. The van der Waals surface area contributed by atoms with Gasteiger partial charge in [0.15, 0.2) is 0 Å². The van der Waals surface area contributed by atoms with E-state index in [0.29, 0.717) is 24.8 Å². The van der Waals surface area contributed by atoms with Crippen LogP contribution >= 0.6 is 11.6 Å². The second-order valence-electron chi connectivity index (χ2n) is 4.88. The van der Waals surface area contributed by atoms with Crippen LogP contribution < -0.4 is 4.90 Å². The molecule has 6 heteroatoms. The van der Waals surface area contributed by atoms with Gasteiger partial charge in [0.2, 0.25) is 0 Å². The van der Waals surface area contributed by atoms with Crippen molar-refractivity contribution < 1.29 is 9.84 Å². The molecule has 0 aliphatic carbocycles. The van der Waals surface area contributed by atoms with E-state index in [0.717, 1.165) is 17.1 Å². The average molecular weight is 306 g/mol. The van der Waals surface area contributed by atoms with E-state index in [2.05, 4.69) is 14.9 Å². The van der Waals surface area contributed by atoms with E-state index >= 15 is 0 Å². The van der Waals surface area contributed by atoms with Crippen molar-refractivity contribution in [2.24, 2.45) is 0 Å². The van der Waals surface area contributed by atoms with Crippen molar-refractivity contribution in [2.75, 3.05) is 31.3 Å². The zero-order chi connectivity index (χ0) is 14.7. The second-order valence-corrected chi connectivity index (χ2v) is 5.31. The van der Waals surface area contributed by atoms with Gasteiger partial charge in [-0.3, -0.25) is 0 Å². The van der Waals surface area contributed by atoms with Crippen LogP contribution in [0.3, 0.4) is 0 Å². The quantitative estimate of drug-likeness (QED) is 0.940. The molecule has 1 saturated heterocycles. The number of rotatable bonds is 3. The van der Waals surface area contributed by atoms with Gasteiger partial charge in [-0.15, -0.1) is 0 Å². The molecule has 2 aromatic rings. The molecule has 1 aliphatic rings. The minimum Gasteiger partial charge on any atom is -0.394 e. The van der Waals surface area contributed by atoms with Crippen molar-refractivity contribution in [1.82, 2.24) is 9.97 Å². The smallest absolute Gasteiger partial charge is 0.133 e. The van der Waals surface area contributed by atoms with Crippen molar-refractivity contribution in [1.29, 1.82) is 0 Å². The lowest BCUT2D eigenvalue weighted by molar-refractivity contribution is 0.0723. The highest BCUT2D eigenvalue weighted by atomic mass is 35.5. The molecule has 21 heavy (non-hydrogen) atoms. The maximum Gasteiger partial charge on any atom is 0.133 e. The summed E-state index contributed by atoms with van der Waals surface area (Å²) in [5.74, 6) is 0.794. The van der Waals surface area contributed by atoms with E-state index in [9.17, 15) is 5.11 Å². The Kier molecular flexibility index (Phi) is 4.34. The molecular formula is C15H16ClN3O2. The third-order valence-corrected chi connectivity index (χ3v) is 3.74. The minimum absolute atomic E-state index is 0.0382. The Bertz CT molecular complexity index is 623. The summed E-state index contributed by atoms with van der Waals surface area (Å²) in [6.07, 6.45) is 1.54. The summed E-state index contributed by atoms with van der Waals surface area (Å²) >= 11 is 6.03. The predicted octanol–water partition coefficient (Wildman–Crippen LogP) is 1.99. The molecule has 0 spiro atoms. The highest BCUT2D eigenvalue weighted by Gasteiger charge is 2.23. The van der Waals surface area contributed by atoms with Crippen LogP contribution in [0.4, 0.5) is 5.82 Å². The fourth-order valence-corrected chi connectivity index (χ4v) is 2.61. The number of morpholine rings is 1. The first-order valence-corrected chi connectivity index (χ1v) is 7.19. The van der Waals surface area contributed by atoms with E-state index in [1.54, 1.807) is 0 Å². The van der Waals surface area contributed by atoms with Crippen molar-refractivity contribution in [3.05, 3.63) is 41.7 Å². The third-order valence-electron chi connectivity index (χ3n) is 3.51.